The van der Waals surface area contributed by atoms with Crippen LogP contribution in [0.15, 0.2) is 70.4 Å². The van der Waals surface area contributed by atoms with Gasteiger partial charge < -0.3 is 4.57 Å². The summed E-state index contributed by atoms with van der Waals surface area (Å²) in [5.74, 6) is -0.694. The van der Waals surface area contributed by atoms with Gasteiger partial charge in [-0.25, -0.2) is 4.39 Å². The van der Waals surface area contributed by atoms with E-state index in [9.17, 15) is 9.18 Å². The fourth-order valence-corrected chi connectivity index (χ4v) is 4.82. The molecule has 3 aromatic rings. The van der Waals surface area contributed by atoms with Crippen molar-refractivity contribution in [2.24, 2.45) is 10.1 Å². The van der Waals surface area contributed by atoms with Crippen LogP contribution < -0.4 is 0 Å². The lowest BCUT2D eigenvalue weighted by atomic mass is 10.1. The van der Waals surface area contributed by atoms with Crippen LogP contribution in [0.2, 0.25) is 0 Å². The van der Waals surface area contributed by atoms with Crippen molar-refractivity contribution in [2.75, 3.05) is 0 Å². The van der Waals surface area contributed by atoms with Crippen molar-refractivity contribution in [3.8, 4) is 0 Å². The molecule has 0 aliphatic carbocycles. The molecule has 1 amide bonds. The number of hydrazone groups is 1. The number of carbonyl (C=O) groups is 1. The Kier molecular flexibility index (Phi) is 5.22. The highest BCUT2D eigenvalue weighted by molar-refractivity contribution is 8.26. The van der Waals surface area contributed by atoms with Crippen molar-refractivity contribution in [1.82, 2.24) is 9.58 Å². The number of nitrogens with one attached hydrogen (secondary N) is 1. The molecule has 160 valence electrons. The number of para-hydroxylation sites is 1. The summed E-state index contributed by atoms with van der Waals surface area (Å²) in [5.41, 5.74) is 2.45. The predicted octanol–water partition coefficient (Wildman–Crippen LogP) is 5.25. The van der Waals surface area contributed by atoms with E-state index in [0.29, 0.717) is 17.3 Å². The molecule has 0 saturated carbocycles. The monoisotopic (exact) mass is 445 g/mol. The number of fused-ring (bicyclic) bond motifs is 2. The molecular weight excluding hydrogens is 425 g/mol. The largest absolute Gasteiger partial charge is 0.342 e. The fraction of sp³-hybridized carbons (Fsp3) is 0.167. The summed E-state index contributed by atoms with van der Waals surface area (Å²) >= 11 is 1.34. The Labute approximate surface area is 188 Å². The average Bonchev–Trinajstić information content (AvgIpc) is 3.34. The molecule has 32 heavy (non-hydrogen) atoms. The molecule has 1 N–H and O–H groups in total. The van der Waals surface area contributed by atoms with Gasteiger partial charge in [0.05, 0.1) is 12.1 Å². The van der Waals surface area contributed by atoms with Crippen molar-refractivity contribution < 1.29 is 9.18 Å². The summed E-state index contributed by atoms with van der Waals surface area (Å²) in [6.45, 7) is 2.42. The molecule has 0 bridgehead atoms. The van der Waals surface area contributed by atoms with Crippen molar-refractivity contribution >= 4 is 50.7 Å². The highest BCUT2D eigenvalue weighted by Gasteiger charge is 2.35. The lowest BCUT2D eigenvalue weighted by Gasteiger charge is -2.20. The van der Waals surface area contributed by atoms with E-state index >= 15 is 0 Å². The van der Waals surface area contributed by atoms with E-state index in [-0.39, 0.29) is 17.2 Å². The maximum absolute atomic E-state index is 14.2. The Hall–Kier alpha value is -3.52. The molecule has 0 atom stereocenters. The number of aliphatic imine (C=N–C) groups is 1. The highest BCUT2D eigenvalue weighted by atomic mass is 32.2. The van der Waals surface area contributed by atoms with Crippen LogP contribution in [-0.4, -0.2) is 31.5 Å². The number of amidine groups is 2. The lowest BCUT2D eigenvalue weighted by Crippen LogP contribution is -2.35. The molecule has 0 radical (unpaired) electrons. The number of amides is 1. The third-order valence-corrected chi connectivity index (χ3v) is 6.35. The van der Waals surface area contributed by atoms with Crippen molar-refractivity contribution in [3.05, 3.63) is 77.2 Å². The average molecular weight is 446 g/mol. The first kappa shape index (κ1) is 20.4. The Morgan fingerprint density at radius 3 is 2.75 bits per heavy atom. The zero-order valence-electron chi connectivity index (χ0n) is 17.4. The van der Waals surface area contributed by atoms with Crippen LogP contribution in [0.3, 0.4) is 0 Å². The second-order valence-corrected chi connectivity index (χ2v) is 8.63. The van der Waals surface area contributed by atoms with E-state index in [2.05, 4.69) is 17.0 Å². The van der Waals surface area contributed by atoms with E-state index in [1.807, 2.05) is 41.1 Å². The molecule has 6 nitrogen and oxygen atoms in total. The summed E-state index contributed by atoms with van der Waals surface area (Å²) in [7, 11) is 0. The number of aromatic nitrogens is 1. The van der Waals surface area contributed by atoms with Gasteiger partial charge >= 0.3 is 0 Å². The molecule has 0 fully saturated rings. The van der Waals surface area contributed by atoms with E-state index in [0.717, 1.165) is 34.4 Å². The van der Waals surface area contributed by atoms with E-state index < -0.39 is 5.91 Å². The van der Waals surface area contributed by atoms with Gasteiger partial charge in [-0.05, 0) is 42.8 Å². The molecule has 2 aliphatic heterocycles. The zero-order valence-corrected chi connectivity index (χ0v) is 18.2. The smallest absolute Gasteiger partial charge is 0.283 e. The minimum Gasteiger partial charge on any atom is -0.342 e. The second kappa shape index (κ2) is 8.20. The van der Waals surface area contributed by atoms with Crippen LogP contribution in [-0.2, 0) is 11.3 Å². The van der Waals surface area contributed by atoms with Crippen molar-refractivity contribution in [3.63, 3.8) is 0 Å². The Morgan fingerprint density at radius 1 is 1.16 bits per heavy atom. The molecular formula is C24H20FN5OS. The first-order valence-electron chi connectivity index (χ1n) is 10.4. The molecule has 0 saturated heterocycles. The van der Waals surface area contributed by atoms with Gasteiger partial charge in [0.25, 0.3) is 5.91 Å². The van der Waals surface area contributed by atoms with Gasteiger partial charge in [0.2, 0.25) is 5.17 Å². The van der Waals surface area contributed by atoms with Gasteiger partial charge in [0, 0.05) is 28.2 Å². The minimum absolute atomic E-state index is 0.0181. The fourth-order valence-electron chi connectivity index (χ4n) is 3.83. The number of nitrogens with zero attached hydrogens (tertiary/aromatic N) is 4. The molecule has 2 aliphatic rings. The molecule has 1 aromatic heterocycles. The number of carbonyl (C=O) groups excluding carboxylic acids is 1. The first-order chi connectivity index (χ1) is 15.5. The lowest BCUT2D eigenvalue weighted by molar-refractivity contribution is -0.114. The quantitative estimate of drug-likeness (QED) is 0.545. The van der Waals surface area contributed by atoms with Gasteiger partial charge in [-0.15, -0.1) is 0 Å². The van der Waals surface area contributed by atoms with E-state index in [4.69, 9.17) is 5.41 Å². The Bertz CT molecular complexity index is 1350. The molecule has 8 heteroatoms. The van der Waals surface area contributed by atoms with Gasteiger partial charge in [-0.2, -0.15) is 15.1 Å². The standard InChI is InChI=1S/C24H20FN5OS/c1-2-7-21-28-30-22(26)18(23(31)27-24(30)32-21)12-16-14-29(20-11-6-4-9-17(16)20)13-15-8-3-5-10-19(15)25/h3-6,8-12,14,26H,2,7,13H2,1H3/b18-12+,26-22?. The maximum Gasteiger partial charge on any atom is 0.283 e. The normalized spacial score (nSPS) is 17.2. The van der Waals surface area contributed by atoms with Crippen LogP contribution >= 0.6 is 11.8 Å². The zero-order chi connectivity index (χ0) is 22.2. The number of benzene rings is 2. The molecule has 3 heterocycles. The van der Waals surface area contributed by atoms with Gasteiger partial charge in [-0.1, -0.05) is 43.3 Å². The molecule has 0 spiro atoms. The van der Waals surface area contributed by atoms with Crippen LogP contribution in [0.1, 0.15) is 30.9 Å². The van der Waals surface area contributed by atoms with Crippen LogP contribution in [0.4, 0.5) is 4.39 Å². The van der Waals surface area contributed by atoms with Crippen molar-refractivity contribution in [2.45, 2.75) is 26.3 Å². The number of hydrogen-bond donors (Lipinski definition) is 1. The number of thioether (sulfide) groups is 1. The topological polar surface area (TPSA) is 73.8 Å². The maximum atomic E-state index is 14.2. The Balaban J connectivity index is 1.55. The summed E-state index contributed by atoms with van der Waals surface area (Å²) in [6.07, 6.45) is 5.28. The van der Waals surface area contributed by atoms with Crippen LogP contribution in [0.5, 0.6) is 0 Å². The molecule has 0 unspecified atom stereocenters. The SMILES string of the molecule is CCCC1=NN2C(=N)/C(=C\c3cn(Cc4ccccc4F)c4ccccc34)C(=O)N=C2S1. The molecule has 2 aromatic carbocycles. The van der Waals surface area contributed by atoms with Crippen LogP contribution in [0.25, 0.3) is 17.0 Å². The third-order valence-electron chi connectivity index (χ3n) is 5.38. The predicted molar refractivity (Wildman–Crippen MR) is 127 cm³/mol. The Morgan fingerprint density at radius 2 is 1.94 bits per heavy atom. The summed E-state index contributed by atoms with van der Waals surface area (Å²) in [4.78, 5) is 16.9. The summed E-state index contributed by atoms with van der Waals surface area (Å²) < 4.78 is 16.2. The number of halogens is 1. The highest BCUT2D eigenvalue weighted by Crippen LogP contribution is 2.31. The van der Waals surface area contributed by atoms with Crippen LogP contribution in [0, 0.1) is 11.2 Å². The summed E-state index contributed by atoms with van der Waals surface area (Å²) in [5, 5.41) is 16.7. The first-order valence-corrected chi connectivity index (χ1v) is 11.2. The van der Waals surface area contributed by atoms with Crippen molar-refractivity contribution in [1.29, 1.82) is 5.41 Å². The van der Waals surface area contributed by atoms with E-state index in [1.54, 1.807) is 18.2 Å². The number of hydrogen-bond acceptors (Lipinski definition) is 4. The summed E-state index contributed by atoms with van der Waals surface area (Å²) in [6, 6.07) is 14.4. The third kappa shape index (κ3) is 3.56. The van der Waals surface area contributed by atoms with Gasteiger partial charge in [0.1, 0.15) is 10.9 Å². The minimum atomic E-state index is -0.451. The van der Waals surface area contributed by atoms with Gasteiger partial charge in [0.15, 0.2) is 5.84 Å². The second-order valence-electron chi connectivity index (χ2n) is 7.58. The van der Waals surface area contributed by atoms with E-state index in [1.165, 1.54) is 22.8 Å². The van der Waals surface area contributed by atoms with Gasteiger partial charge in [-0.3, -0.25) is 10.2 Å². The number of rotatable bonds is 5. The molecule has 5 rings (SSSR count).